The molecule has 19 heavy (non-hydrogen) atoms. The number of thioether (sulfide) groups is 1. The fourth-order valence-electron chi connectivity index (χ4n) is 1.26. The van der Waals surface area contributed by atoms with E-state index in [1.807, 2.05) is 0 Å². The Morgan fingerprint density at radius 1 is 1.47 bits per heavy atom. The number of nitrogens with two attached hydrogens (primary N) is 1. The lowest BCUT2D eigenvalue weighted by Gasteiger charge is -2.16. The molecule has 0 unspecified atom stereocenters. The van der Waals surface area contributed by atoms with Gasteiger partial charge in [-0.2, -0.15) is 0 Å². The maximum atomic E-state index is 11.7. The van der Waals surface area contributed by atoms with Gasteiger partial charge in [-0.3, -0.25) is 14.4 Å². The Bertz CT molecular complexity index is 360. The summed E-state index contributed by atoms with van der Waals surface area (Å²) >= 11 is 1.15. The fraction of sp³-hybridized carbons (Fsp3) is 0.727. The molecule has 0 saturated heterocycles. The van der Waals surface area contributed by atoms with Crippen molar-refractivity contribution < 1.29 is 19.5 Å². The molecule has 0 aromatic rings. The lowest BCUT2D eigenvalue weighted by molar-refractivity contribution is -0.138. The van der Waals surface area contributed by atoms with Crippen LogP contribution in [0.5, 0.6) is 0 Å². The molecule has 1 atom stereocenters. The molecule has 4 N–H and O–H groups in total. The number of likely N-dealkylation sites (N-methyl/N-ethyl adjacent to an activating group) is 1. The van der Waals surface area contributed by atoms with Crippen LogP contribution in [0.15, 0.2) is 0 Å². The van der Waals surface area contributed by atoms with Gasteiger partial charge >= 0.3 is 5.97 Å². The van der Waals surface area contributed by atoms with Crippen LogP contribution < -0.4 is 11.1 Å². The van der Waals surface area contributed by atoms with Crippen molar-refractivity contribution in [1.29, 1.82) is 0 Å². The largest absolute Gasteiger partial charge is 0.480 e. The molecule has 0 bridgehead atoms. The molecule has 1 saturated carbocycles. The number of carboxylic acids is 1. The minimum absolute atomic E-state index is 0.0286. The Balaban J connectivity index is 2.16. The van der Waals surface area contributed by atoms with Gasteiger partial charge in [0.1, 0.15) is 6.04 Å². The molecule has 1 aliphatic rings. The number of hydrogen-bond donors (Lipinski definition) is 3. The summed E-state index contributed by atoms with van der Waals surface area (Å²) in [5.74, 6) is -1.17. The smallest absolute Gasteiger partial charge is 0.321 e. The van der Waals surface area contributed by atoms with Crippen molar-refractivity contribution in [2.75, 3.05) is 25.1 Å². The Labute approximate surface area is 115 Å². The van der Waals surface area contributed by atoms with E-state index in [4.69, 9.17) is 10.8 Å². The zero-order chi connectivity index (χ0) is 14.4. The predicted octanol–water partition coefficient (Wildman–Crippen LogP) is -1.13. The molecule has 0 aliphatic heterocycles. The number of carbonyl (C=O) groups is 3. The number of carbonyl (C=O) groups excluding carboxylic acids is 2. The summed E-state index contributed by atoms with van der Waals surface area (Å²) in [5.41, 5.74) is 5.31. The molecule has 0 aromatic heterocycles. The van der Waals surface area contributed by atoms with Gasteiger partial charge in [-0.25, -0.2) is 0 Å². The SMILES string of the molecule is CN(CC(=O)NC1CC1)C(=O)CSC[C@H](N)C(=O)O. The van der Waals surface area contributed by atoms with Gasteiger partial charge in [0.25, 0.3) is 0 Å². The third-order valence-corrected chi connectivity index (χ3v) is 3.64. The van der Waals surface area contributed by atoms with Crippen LogP contribution in [0, 0.1) is 0 Å². The highest BCUT2D eigenvalue weighted by molar-refractivity contribution is 8.00. The Hall–Kier alpha value is -1.28. The number of aliphatic carboxylic acids is 1. The van der Waals surface area contributed by atoms with Gasteiger partial charge in [0, 0.05) is 18.8 Å². The summed E-state index contributed by atoms with van der Waals surface area (Å²) in [6.07, 6.45) is 2.01. The van der Waals surface area contributed by atoms with E-state index in [-0.39, 0.29) is 35.9 Å². The van der Waals surface area contributed by atoms with Gasteiger partial charge in [-0.1, -0.05) is 0 Å². The number of nitrogens with zero attached hydrogens (tertiary/aromatic N) is 1. The van der Waals surface area contributed by atoms with Gasteiger partial charge in [0.05, 0.1) is 12.3 Å². The molecule has 7 nitrogen and oxygen atoms in total. The summed E-state index contributed by atoms with van der Waals surface area (Å²) in [5, 5.41) is 11.4. The zero-order valence-corrected chi connectivity index (χ0v) is 11.6. The van der Waals surface area contributed by atoms with Crippen molar-refractivity contribution in [1.82, 2.24) is 10.2 Å². The van der Waals surface area contributed by atoms with Crippen LogP contribution in [0.2, 0.25) is 0 Å². The molecule has 108 valence electrons. The normalized spacial score (nSPS) is 15.7. The first-order valence-corrected chi connectivity index (χ1v) is 7.15. The highest BCUT2D eigenvalue weighted by atomic mass is 32.2. The van der Waals surface area contributed by atoms with Crippen LogP contribution >= 0.6 is 11.8 Å². The van der Waals surface area contributed by atoms with E-state index in [1.165, 1.54) is 4.90 Å². The van der Waals surface area contributed by atoms with E-state index in [0.29, 0.717) is 0 Å². The minimum Gasteiger partial charge on any atom is -0.480 e. The molecule has 0 heterocycles. The van der Waals surface area contributed by atoms with Crippen LogP contribution in [-0.4, -0.2) is 65.0 Å². The standard InChI is InChI=1S/C11H19N3O4S/c1-14(4-9(15)13-7-2-3-7)10(16)6-19-5-8(12)11(17)18/h7-8H,2-6,12H2,1H3,(H,13,15)(H,17,18)/t8-/m0/s1. The quantitative estimate of drug-likeness (QED) is 0.521. The van der Waals surface area contributed by atoms with Crippen LogP contribution in [0.3, 0.4) is 0 Å². The summed E-state index contributed by atoms with van der Waals surface area (Å²) < 4.78 is 0. The maximum absolute atomic E-state index is 11.7. The first kappa shape index (κ1) is 15.8. The van der Waals surface area contributed by atoms with Crippen LogP contribution in [0.1, 0.15) is 12.8 Å². The summed E-state index contributed by atoms with van der Waals surface area (Å²) in [4.78, 5) is 34.9. The van der Waals surface area contributed by atoms with E-state index in [2.05, 4.69) is 5.32 Å². The summed E-state index contributed by atoms with van der Waals surface area (Å²) in [6.45, 7) is 0.0286. The Kier molecular flexibility index (Phi) is 6.10. The first-order valence-electron chi connectivity index (χ1n) is 5.99. The van der Waals surface area contributed by atoms with Crippen LogP contribution in [0.25, 0.3) is 0 Å². The second-order valence-electron chi connectivity index (χ2n) is 4.55. The van der Waals surface area contributed by atoms with E-state index in [9.17, 15) is 14.4 Å². The van der Waals surface area contributed by atoms with Gasteiger partial charge < -0.3 is 21.1 Å². The highest BCUT2D eigenvalue weighted by Crippen LogP contribution is 2.18. The lowest BCUT2D eigenvalue weighted by Crippen LogP contribution is -2.40. The molecule has 2 amide bonds. The van der Waals surface area contributed by atoms with Crippen molar-refractivity contribution in [2.45, 2.75) is 24.9 Å². The second-order valence-corrected chi connectivity index (χ2v) is 5.58. The van der Waals surface area contributed by atoms with E-state index in [0.717, 1.165) is 24.6 Å². The number of nitrogens with one attached hydrogen (secondary N) is 1. The van der Waals surface area contributed by atoms with Crippen molar-refractivity contribution in [3.8, 4) is 0 Å². The highest BCUT2D eigenvalue weighted by Gasteiger charge is 2.24. The molecule has 1 aliphatic carbocycles. The van der Waals surface area contributed by atoms with Gasteiger partial charge in [-0.05, 0) is 12.8 Å². The molecular formula is C11H19N3O4S. The van der Waals surface area contributed by atoms with E-state index >= 15 is 0 Å². The Morgan fingerprint density at radius 3 is 2.63 bits per heavy atom. The van der Waals surface area contributed by atoms with Crippen molar-refractivity contribution in [2.24, 2.45) is 5.73 Å². The van der Waals surface area contributed by atoms with Crippen LogP contribution in [0.4, 0.5) is 0 Å². The Morgan fingerprint density at radius 2 is 2.11 bits per heavy atom. The summed E-state index contributed by atoms with van der Waals surface area (Å²) in [6, 6.07) is -0.694. The fourth-order valence-corrected chi connectivity index (χ4v) is 2.17. The predicted molar refractivity (Wildman–Crippen MR) is 71.7 cm³/mol. The molecule has 0 radical (unpaired) electrons. The lowest BCUT2D eigenvalue weighted by atomic mass is 10.4. The van der Waals surface area contributed by atoms with Crippen molar-refractivity contribution >= 4 is 29.5 Å². The summed E-state index contributed by atoms with van der Waals surface area (Å²) in [7, 11) is 1.55. The van der Waals surface area contributed by atoms with Crippen molar-refractivity contribution in [3.05, 3.63) is 0 Å². The minimum atomic E-state index is -1.09. The molecule has 0 spiro atoms. The van der Waals surface area contributed by atoms with Crippen LogP contribution in [-0.2, 0) is 14.4 Å². The monoisotopic (exact) mass is 289 g/mol. The molecule has 0 aromatic carbocycles. The topological polar surface area (TPSA) is 113 Å². The number of rotatable bonds is 8. The molecule has 1 fully saturated rings. The average Bonchev–Trinajstić information content (AvgIpc) is 3.11. The van der Waals surface area contributed by atoms with Gasteiger partial charge in [0.15, 0.2) is 0 Å². The second kappa shape index (κ2) is 7.34. The van der Waals surface area contributed by atoms with Gasteiger partial charge in [0.2, 0.25) is 11.8 Å². The zero-order valence-electron chi connectivity index (χ0n) is 10.8. The van der Waals surface area contributed by atoms with E-state index < -0.39 is 12.0 Å². The third kappa shape index (κ3) is 6.44. The number of carboxylic acid groups (broad SMARTS) is 1. The number of amides is 2. The van der Waals surface area contributed by atoms with Crippen molar-refractivity contribution in [3.63, 3.8) is 0 Å². The first-order chi connectivity index (χ1) is 8.90. The molecular weight excluding hydrogens is 270 g/mol. The van der Waals surface area contributed by atoms with E-state index in [1.54, 1.807) is 7.05 Å². The maximum Gasteiger partial charge on any atom is 0.321 e. The number of hydrogen-bond acceptors (Lipinski definition) is 5. The molecule has 8 heteroatoms. The third-order valence-electron chi connectivity index (χ3n) is 2.59. The van der Waals surface area contributed by atoms with Gasteiger partial charge in [-0.15, -0.1) is 11.8 Å². The molecule has 1 rings (SSSR count). The average molecular weight is 289 g/mol.